The second kappa shape index (κ2) is 9.54. The van der Waals surface area contributed by atoms with Gasteiger partial charge in [-0.15, -0.1) is 0 Å². The van der Waals surface area contributed by atoms with Gasteiger partial charge in [-0.2, -0.15) is 0 Å². The van der Waals surface area contributed by atoms with Crippen LogP contribution in [-0.2, 0) is 39.8 Å². The monoisotopic (exact) mass is 164 g/mol. The maximum atomic E-state index is 8.67. The molecule has 0 saturated carbocycles. The topological polar surface area (TPSA) is 54.4 Å². The van der Waals surface area contributed by atoms with Crippen molar-refractivity contribution >= 4 is 18.9 Å². The molecule has 0 saturated heterocycles. The molecule has 0 aliphatic carbocycles. The number of rotatable bonds is 0. The molecule has 0 unspecified atom stereocenters. The average molecular weight is 164 g/mol. The summed E-state index contributed by atoms with van der Waals surface area (Å²) >= 11 is -3.69. The van der Waals surface area contributed by atoms with Crippen LogP contribution in [0.2, 0.25) is 0 Å². The first-order valence-corrected chi connectivity index (χ1v) is 2.33. The van der Waals surface area contributed by atoms with Crippen LogP contribution >= 0.6 is 0 Å². The van der Waals surface area contributed by atoms with Gasteiger partial charge in [-0.1, -0.05) is 0 Å². The van der Waals surface area contributed by atoms with E-state index in [9.17, 15) is 0 Å². The van der Waals surface area contributed by atoms with E-state index in [1.807, 2.05) is 0 Å². The van der Waals surface area contributed by atoms with Crippen molar-refractivity contribution in [1.82, 2.24) is 0 Å². The first-order chi connectivity index (χ1) is 1.73. The molecule has 1 N–H and O–H groups in total. The molecule has 0 radical (unpaired) electrons. The third-order valence-corrected chi connectivity index (χ3v) is 0. The molecule has 6 heteroatoms. The van der Waals surface area contributed by atoms with E-state index < -0.39 is 15.4 Å². The Morgan fingerprint density at radius 1 is 1.33 bits per heavy atom. The summed E-state index contributed by atoms with van der Waals surface area (Å²) in [5.41, 5.74) is 0. The summed E-state index contributed by atoms with van der Waals surface area (Å²) in [7, 11) is 0. The van der Waals surface area contributed by atoms with E-state index in [1.165, 1.54) is 0 Å². The van der Waals surface area contributed by atoms with E-state index >= 15 is 0 Å². The number of hydrogen-bond donors (Lipinski definition) is 1. The normalized spacial score (nSPS) is 4.17. The zero-order valence-electron chi connectivity index (χ0n) is 2.06. The molecular formula is H2FeLiO3V. The van der Waals surface area contributed by atoms with Gasteiger partial charge >= 0.3 is 45.6 Å². The molecular weight excluding hydrogens is 162 g/mol. The molecule has 0 rings (SSSR count). The fourth-order valence-corrected chi connectivity index (χ4v) is 0. The van der Waals surface area contributed by atoms with Crippen molar-refractivity contribution < 1.29 is 43.8 Å². The summed E-state index contributed by atoms with van der Waals surface area (Å²) in [6.07, 6.45) is 0. The van der Waals surface area contributed by atoms with Gasteiger partial charge in [-0.25, -0.2) is 0 Å². The molecule has 0 atom stereocenters. The van der Waals surface area contributed by atoms with Gasteiger partial charge in [-0.3, -0.25) is 0 Å². The summed E-state index contributed by atoms with van der Waals surface area (Å²) in [5.74, 6) is 0. The van der Waals surface area contributed by atoms with Gasteiger partial charge in [0.05, 0.1) is 0 Å². The third-order valence-electron chi connectivity index (χ3n) is 0. The van der Waals surface area contributed by atoms with Gasteiger partial charge in [0, 0.05) is 17.1 Å². The Bertz CT molecular complexity index is 59.2. The van der Waals surface area contributed by atoms with Crippen LogP contribution in [0.25, 0.3) is 0 Å². The summed E-state index contributed by atoms with van der Waals surface area (Å²) < 4.78 is 24.4. The first-order valence-electron chi connectivity index (χ1n) is 0.565. The second-order valence-electron chi connectivity index (χ2n) is 0.238. The van der Waals surface area contributed by atoms with Crippen LogP contribution in [0, 0.1) is 0 Å². The van der Waals surface area contributed by atoms with E-state index in [1.54, 1.807) is 0 Å². The molecule has 0 amide bonds. The Morgan fingerprint density at radius 3 is 1.33 bits per heavy atom. The van der Waals surface area contributed by atoms with E-state index in [0.29, 0.717) is 0 Å². The minimum atomic E-state index is -3.69. The fourth-order valence-electron chi connectivity index (χ4n) is 0. The summed E-state index contributed by atoms with van der Waals surface area (Å²) in [5, 5.41) is 0. The predicted octanol–water partition coefficient (Wildman–Crippen LogP) is -1.45. The summed E-state index contributed by atoms with van der Waals surface area (Å²) in [6, 6.07) is 0. The van der Waals surface area contributed by atoms with Gasteiger partial charge in [0.25, 0.3) is 0 Å². The van der Waals surface area contributed by atoms with Crippen LogP contribution in [-0.4, -0.2) is 22.9 Å². The van der Waals surface area contributed by atoms with E-state index in [-0.39, 0.29) is 35.9 Å². The van der Waals surface area contributed by atoms with Gasteiger partial charge in [0.2, 0.25) is 0 Å². The van der Waals surface area contributed by atoms with E-state index in [4.69, 9.17) is 11.4 Å². The van der Waals surface area contributed by atoms with Crippen molar-refractivity contribution in [3.63, 3.8) is 0 Å². The Labute approximate surface area is 62.5 Å². The average Bonchev–Trinajstić information content (AvgIpc) is 0.811. The molecule has 0 spiro atoms. The Morgan fingerprint density at radius 2 is 1.33 bits per heavy atom. The molecule has 34 valence electrons. The molecule has 0 aromatic heterocycles. The van der Waals surface area contributed by atoms with E-state index in [0.717, 1.165) is 0 Å². The SMILES string of the molecule is [Fe].[LiH].[O]=[V](=[O])[OH]. The van der Waals surface area contributed by atoms with Crippen molar-refractivity contribution in [2.24, 2.45) is 0 Å². The summed E-state index contributed by atoms with van der Waals surface area (Å²) in [4.78, 5) is 0. The minimum absolute atomic E-state index is 0. The van der Waals surface area contributed by atoms with Crippen LogP contribution in [0.3, 0.4) is 0 Å². The zero-order chi connectivity index (χ0) is 3.58. The predicted molar refractivity (Wildman–Crippen MR) is 10.7 cm³/mol. The van der Waals surface area contributed by atoms with Crippen molar-refractivity contribution in [3.8, 4) is 0 Å². The standard InChI is InChI=1S/Fe.Li.H2O.2O.V.H/h;;1H2;;;;/q;;;;;+1;/p-1. The number of hydrogen-bond acceptors (Lipinski definition) is 2. The van der Waals surface area contributed by atoms with Crippen molar-refractivity contribution in [2.45, 2.75) is 0 Å². The van der Waals surface area contributed by atoms with Crippen LogP contribution in [0.5, 0.6) is 0 Å². The van der Waals surface area contributed by atoms with Crippen molar-refractivity contribution in [2.75, 3.05) is 0 Å². The van der Waals surface area contributed by atoms with Crippen molar-refractivity contribution in [1.29, 1.82) is 0 Å². The second-order valence-corrected chi connectivity index (χ2v) is 0.981. The van der Waals surface area contributed by atoms with Crippen LogP contribution < -0.4 is 0 Å². The van der Waals surface area contributed by atoms with Crippen molar-refractivity contribution in [3.05, 3.63) is 0 Å². The molecule has 0 bridgehead atoms. The van der Waals surface area contributed by atoms with Crippen LogP contribution in [0.4, 0.5) is 0 Å². The molecule has 3 nitrogen and oxygen atoms in total. The first kappa shape index (κ1) is 15.7. The van der Waals surface area contributed by atoms with Gasteiger partial charge in [0.1, 0.15) is 0 Å². The summed E-state index contributed by atoms with van der Waals surface area (Å²) in [6.45, 7) is 0. The molecule has 0 aliphatic rings. The molecule has 0 aliphatic heterocycles. The van der Waals surface area contributed by atoms with Gasteiger partial charge < -0.3 is 0 Å². The van der Waals surface area contributed by atoms with Crippen LogP contribution in [0.1, 0.15) is 0 Å². The van der Waals surface area contributed by atoms with Crippen LogP contribution in [0.15, 0.2) is 0 Å². The molecule has 0 aromatic rings. The Kier molecular flexibility index (Phi) is 24.9. The third kappa shape index (κ3) is 60.1. The van der Waals surface area contributed by atoms with E-state index in [2.05, 4.69) is 0 Å². The molecule has 0 fully saturated rings. The maximum absolute atomic E-state index is 8.67. The molecule has 6 heavy (non-hydrogen) atoms. The Hall–Kier alpha value is 1.26. The molecule has 0 heterocycles. The van der Waals surface area contributed by atoms with Gasteiger partial charge in [0.15, 0.2) is 0 Å². The Balaban J connectivity index is -0.0000000450. The fraction of sp³-hybridized carbons (Fsp3) is 0. The molecule has 0 aromatic carbocycles. The zero-order valence-corrected chi connectivity index (χ0v) is 4.57. The van der Waals surface area contributed by atoms with Gasteiger partial charge in [-0.05, 0) is 0 Å². The quantitative estimate of drug-likeness (QED) is 0.445.